The van der Waals surface area contributed by atoms with Crippen molar-refractivity contribution in [3.05, 3.63) is 48.2 Å². The maximum absolute atomic E-state index is 14.2. The van der Waals surface area contributed by atoms with Crippen LogP contribution >= 0.6 is 0 Å². The lowest BCUT2D eigenvalue weighted by Crippen LogP contribution is -2.41. The Labute approximate surface area is 193 Å². The van der Waals surface area contributed by atoms with E-state index < -0.39 is 25.7 Å². The quantitative estimate of drug-likeness (QED) is 0.234. The average Bonchev–Trinajstić information content (AvgIpc) is 2.72. The molecule has 6 nitrogen and oxygen atoms in total. The van der Waals surface area contributed by atoms with Crippen LogP contribution in [-0.2, 0) is 4.43 Å². The highest BCUT2D eigenvalue weighted by Gasteiger charge is 2.36. The van der Waals surface area contributed by atoms with E-state index in [1.54, 1.807) is 12.1 Å². The molecule has 0 aliphatic carbocycles. The lowest BCUT2D eigenvalue weighted by Gasteiger charge is -2.36. The average molecular weight is 477 g/mol. The molecule has 0 aliphatic heterocycles. The Kier molecular flexibility index (Phi) is 7.13. The van der Waals surface area contributed by atoms with Crippen LogP contribution in [-0.4, -0.2) is 33.6 Å². The molecule has 3 aromatic rings. The van der Waals surface area contributed by atoms with Gasteiger partial charge in [0.05, 0.1) is 19.2 Å². The summed E-state index contributed by atoms with van der Waals surface area (Å²) < 4.78 is 51.5. The normalized spacial score (nSPS) is 12.1. The van der Waals surface area contributed by atoms with Crippen molar-refractivity contribution in [1.29, 1.82) is 0 Å². The van der Waals surface area contributed by atoms with Gasteiger partial charge >= 0.3 is 0 Å². The second kappa shape index (κ2) is 9.52. The first-order valence-electron chi connectivity index (χ1n) is 10.6. The van der Waals surface area contributed by atoms with Crippen molar-refractivity contribution in [2.24, 2.45) is 0 Å². The molecule has 3 rings (SSSR count). The summed E-state index contributed by atoms with van der Waals surface area (Å²) in [6, 6.07) is 6.88. The summed E-state index contributed by atoms with van der Waals surface area (Å²) in [5.41, 5.74) is 5.97. The summed E-state index contributed by atoms with van der Waals surface area (Å²) >= 11 is 0. The smallest absolute Gasteiger partial charge is 0.198 e. The summed E-state index contributed by atoms with van der Waals surface area (Å²) in [5.74, 6) is -1.20. The first-order valence-corrected chi connectivity index (χ1v) is 13.5. The van der Waals surface area contributed by atoms with Crippen molar-refractivity contribution < 1.29 is 27.4 Å². The van der Waals surface area contributed by atoms with Gasteiger partial charge < -0.3 is 24.4 Å². The number of hydrogen-bond donors (Lipinski definition) is 1. The molecule has 0 spiro atoms. The molecule has 0 saturated heterocycles. The Hall–Kier alpha value is -2.91. The van der Waals surface area contributed by atoms with Gasteiger partial charge in [0, 0.05) is 35.5 Å². The number of benzene rings is 2. The Balaban J connectivity index is 1.83. The minimum absolute atomic E-state index is 0.0297. The molecule has 2 N–H and O–H groups in total. The molecule has 9 heteroatoms. The number of rotatable bonds is 8. The van der Waals surface area contributed by atoms with E-state index in [9.17, 15) is 8.78 Å². The molecule has 0 atom stereocenters. The third-order valence-corrected chi connectivity index (χ3v) is 10.4. The molecular weight excluding hydrogens is 446 g/mol. The first kappa shape index (κ1) is 24.7. The van der Waals surface area contributed by atoms with E-state index in [4.69, 9.17) is 24.4 Å². The Bertz CT molecular complexity index is 1130. The van der Waals surface area contributed by atoms with Crippen LogP contribution in [0, 0.1) is 11.6 Å². The van der Waals surface area contributed by atoms with Gasteiger partial charge in [0.15, 0.2) is 37.2 Å². The van der Waals surface area contributed by atoms with Crippen molar-refractivity contribution >= 4 is 24.9 Å². The van der Waals surface area contributed by atoms with E-state index in [1.807, 2.05) is 0 Å². The van der Waals surface area contributed by atoms with Crippen molar-refractivity contribution in [3.63, 3.8) is 0 Å². The Morgan fingerprint density at radius 3 is 2.24 bits per heavy atom. The van der Waals surface area contributed by atoms with Crippen molar-refractivity contribution in [3.8, 4) is 23.0 Å². The number of nitrogens with two attached hydrogens (primary N) is 1. The SMILES string of the molecule is COc1cc2c(Oc3c(F)cc(N)cc3F)ccnc2cc1OCCO[Si](C)(C)C(C)(C)C. The maximum Gasteiger partial charge on any atom is 0.198 e. The highest BCUT2D eigenvalue weighted by molar-refractivity contribution is 6.74. The van der Waals surface area contributed by atoms with Gasteiger partial charge in [-0.15, -0.1) is 0 Å². The number of nitrogen functional groups attached to an aromatic ring is 1. The summed E-state index contributed by atoms with van der Waals surface area (Å²) in [7, 11) is -0.365. The zero-order valence-electron chi connectivity index (χ0n) is 19.8. The van der Waals surface area contributed by atoms with Crippen molar-refractivity contribution in [2.75, 3.05) is 26.1 Å². The zero-order valence-corrected chi connectivity index (χ0v) is 20.8. The van der Waals surface area contributed by atoms with Crippen LogP contribution in [0.4, 0.5) is 14.5 Å². The van der Waals surface area contributed by atoms with Gasteiger partial charge in [0.1, 0.15) is 12.4 Å². The van der Waals surface area contributed by atoms with Gasteiger partial charge in [-0.1, -0.05) is 20.8 Å². The Morgan fingerprint density at radius 1 is 0.970 bits per heavy atom. The molecule has 0 bridgehead atoms. The molecule has 33 heavy (non-hydrogen) atoms. The number of anilines is 1. The van der Waals surface area contributed by atoms with Crippen LogP contribution in [0.2, 0.25) is 18.1 Å². The van der Waals surface area contributed by atoms with E-state index in [0.717, 1.165) is 12.1 Å². The van der Waals surface area contributed by atoms with Gasteiger partial charge in [-0.2, -0.15) is 0 Å². The minimum Gasteiger partial charge on any atom is -0.493 e. The van der Waals surface area contributed by atoms with Gasteiger partial charge in [-0.3, -0.25) is 4.98 Å². The van der Waals surface area contributed by atoms with Gasteiger partial charge in [-0.05, 0) is 30.3 Å². The fraction of sp³-hybridized carbons (Fsp3) is 0.375. The first-order chi connectivity index (χ1) is 15.4. The van der Waals surface area contributed by atoms with Crippen LogP contribution in [0.3, 0.4) is 0 Å². The maximum atomic E-state index is 14.2. The van der Waals surface area contributed by atoms with Gasteiger partial charge in [0.2, 0.25) is 0 Å². The minimum atomic E-state index is -1.88. The van der Waals surface area contributed by atoms with Gasteiger partial charge in [-0.25, -0.2) is 8.78 Å². The lowest BCUT2D eigenvalue weighted by molar-refractivity contribution is 0.199. The predicted octanol–water partition coefficient (Wildman–Crippen LogP) is 6.30. The monoisotopic (exact) mass is 476 g/mol. The molecule has 0 saturated carbocycles. The predicted molar refractivity (Wildman–Crippen MR) is 128 cm³/mol. The van der Waals surface area contributed by atoms with Crippen LogP contribution < -0.4 is 19.9 Å². The van der Waals surface area contributed by atoms with E-state index in [2.05, 4.69) is 38.8 Å². The summed E-state index contributed by atoms with van der Waals surface area (Å²) in [6.45, 7) is 11.7. The number of halogens is 2. The number of hydrogen-bond acceptors (Lipinski definition) is 6. The number of ether oxygens (including phenoxy) is 3. The van der Waals surface area contributed by atoms with Crippen LogP contribution in [0.1, 0.15) is 20.8 Å². The van der Waals surface area contributed by atoms with E-state index >= 15 is 0 Å². The highest BCUT2D eigenvalue weighted by atomic mass is 28.4. The van der Waals surface area contributed by atoms with E-state index in [1.165, 1.54) is 19.4 Å². The van der Waals surface area contributed by atoms with E-state index in [-0.39, 0.29) is 16.5 Å². The van der Waals surface area contributed by atoms with Crippen molar-refractivity contribution in [1.82, 2.24) is 4.98 Å². The molecule has 1 heterocycles. The van der Waals surface area contributed by atoms with Crippen LogP contribution in [0.15, 0.2) is 36.5 Å². The van der Waals surface area contributed by atoms with Crippen molar-refractivity contribution in [2.45, 2.75) is 38.9 Å². The zero-order chi connectivity index (χ0) is 24.4. The topological polar surface area (TPSA) is 75.8 Å². The Morgan fingerprint density at radius 2 is 1.64 bits per heavy atom. The second-order valence-corrected chi connectivity index (χ2v) is 14.0. The number of methoxy groups -OCH3 is 1. The molecule has 0 amide bonds. The third kappa shape index (κ3) is 5.54. The van der Waals surface area contributed by atoms with Crippen LogP contribution in [0.5, 0.6) is 23.0 Å². The fourth-order valence-electron chi connectivity index (χ4n) is 2.94. The molecular formula is C24H30F2N2O4Si. The number of aromatic nitrogens is 1. The lowest BCUT2D eigenvalue weighted by atomic mass is 10.1. The third-order valence-electron chi connectivity index (χ3n) is 5.83. The number of fused-ring (bicyclic) bond motifs is 1. The molecule has 0 aliphatic rings. The fourth-order valence-corrected chi connectivity index (χ4v) is 3.97. The molecule has 1 aromatic heterocycles. The molecule has 178 valence electrons. The summed E-state index contributed by atoms with van der Waals surface area (Å²) in [5, 5.41) is 0.618. The molecule has 2 aromatic carbocycles. The van der Waals surface area contributed by atoms with Crippen LogP contribution in [0.25, 0.3) is 10.9 Å². The van der Waals surface area contributed by atoms with Gasteiger partial charge in [0.25, 0.3) is 0 Å². The second-order valence-electron chi connectivity index (χ2n) is 9.20. The number of nitrogens with zero attached hydrogens (tertiary/aromatic N) is 1. The number of pyridine rings is 1. The largest absolute Gasteiger partial charge is 0.493 e. The molecule has 0 fully saturated rings. The molecule has 0 unspecified atom stereocenters. The van der Waals surface area contributed by atoms with E-state index in [0.29, 0.717) is 35.6 Å². The summed E-state index contributed by atoms with van der Waals surface area (Å²) in [4.78, 5) is 4.33. The molecule has 0 radical (unpaired) electrons. The standard InChI is InChI=1S/C24H30F2N2O4Si/c1-24(2,3)33(5,6)31-10-9-30-22-14-19-16(13-21(22)29-4)20(7-8-28-19)32-23-17(25)11-15(27)12-18(23)26/h7-8,11-14H,9-10,27H2,1-6H3. The summed E-state index contributed by atoms with van der Waals surface area (Å²) in [6.07, 6.45) is 1.49. The highest BCUT2D eigenvalue weighted by Crippen LogP contribution is 2.39.